The molecule has 0 bridgehead atoms. The van der Waals surface area contributed by atoms with E-state index in [2.05, 4.69) is 9.97 Å². The van der Waals surface area contributed by atoms with E-state index in [4.69, 9.17) is 0 Å². The monoisotopic (exact) mass is 268 g/mol. The van der Waals surface area contributed by atoms with Crippen molar-refractivity contribution in [2.75, 3.05) is 0 Å². The lowest BCUT2D eigenvalue weighted by molar-refractivity contribution is 1.08. The Morgan fingerprint density at radius 2 is 1.68 bits per heavy atom. The van der Waals surface area contributed by atoms with E-state index < -0.39 is 5.69 Å². The second kappa shape index (κ2) is 3.55. The first-order valence-corrected chi connectivity index (χ1v) is 6.62. The van der Waals surface area contributed by atoms with Crippen LogP contribution in [0.1, 0.15) is 0 Å². The maximum Gasteiger partial charge on any atom is 0.326 e. The van der Waals surface area contributed by atoms with Crippen LogP contribution in [0.25, 0.3) is 31.1 Å². The molecule has 0 amide bonds. The Bertz CT molecular complexity index is 1060. The van der Waals surface area contributed by atoms with Crippen molar-refractivity contribution in [3.8, 4) is 0 Å². The van der Waals surface area contributed by atoms with Gasteiger partial charge in [-0.05, 0) is 18.2 Å². The third-order valence-corrected chi connectivity index (χ3v) is 4.39. The molecule has 4 rings (SSSR count). The number of hydrogen-bond donors (Lipinski definition) is 2. The minimum Gasteiger partial charge on any atom is -0.306 e. The van der Waals surface area contributed by atoms with Gasteiger partial charge in [-0.2, -0.15) is 0 Å². The fraction of sp³-hybridized carbons (Fsp3) is 0. The standard InChI is InChI=1S/C14H8N2O2S/c17-13-8-5-6-10-11(12(8)15-14(18)16-13)7-3-1-2-4-9(7)19-10/h1-6H,(H2,15,16,17,18). The van der Waals surface area contributed by atoms with E-state index in [-0.39, 0.29) is 5.56 Å². The van der Waals surface area contributed by atoms with E-state index in [0.29, 0.717) is 10.9 Å². The summed E-state index contributed by atoms with van der Waals surface area (Å²) in [5, 5.41) is 2.52. The predicted octanol–water partition coefficient (Wildman–Crippen LogP) is 2.58. The molecule has 0 saturated heterocycles. The number of rotatable bonds is 0. The van der Waals surface area contributed by atoms with Gasteiger partial charge in [0.15, 0.2) is 0 Å². The van der Waals surface area contributed by atoms with Gasteiger partial charge >= 0.3 is 5.69 Å². The summed E-state index contributed by atoms with van der Waals surface area (Å²) >= 11 is 1.65. The Balaban J connectivity index is 2.43. The normalized spacial score (nSPS) is 11.6. The fourth-order valence-electron chi connectivity index (χ4n) is 2.45. The van der Waals surface area contributed by atoms with Gasteiger partial charge in [0.1, 0.15) is 0 Å². The summed E-state index contributed by atoms with van der Waals surface area (Å²) in [7, 11) is 0. The quantitative estimate of drug-likeness (QED) is 0.515. The third-order valence-electron chi connectivity index (χ3n) is 3.25. The van der Waals surface area contributed by atoms with Gasteiger partial charge in [-0.15, -0.1) is 11.3 Å². The second-order valence-corrected chi connectivity index (χ2v) is 5.45. The summed E-state index contributed by atoms with van der Waals surface area (Å²) in [6, 6.07) is 11.7. The zero-order valence-corrected chi connectivity index (χ0v) is 10.5. The summed E-state index contributed by atoms with van der Waals surface area (Å²) in [5.41, 5.74) is -0.208. The van der Waals surface area contributed by atoms with Crippen LogP contribution in [-0.2, 0) is 0 Å². The molecule has 0 radical (unpaired) electrons. The molecule has 0 fully saturated rings. The smallest absolute Gasteiger partial charge is 0.306 e. The van der Waals surface area contributed by atoms with Gasteiger partial charge in [-0.25, -0.2) is 4.79 Å². The van der Waals surface area contributed by atoms with Crippen LogP contribution in [-0.4, -0.2) is 9.97 Å². The van der Waals surface area contributed by atoms with Crippen LogP contribution in [0.2, 0.25) is 0 Å². The molecule has 0 saturated carbocycles. The van der Waals surface area contributed by atoms with Crippen LogP contribution < -0.4 is 11.2 Å². The Hall–Kier alpha value is -2.40. The number of hydrogen-bond acceptors (Lipinski definition) is 3. The first-order chi connectivity index (χ1) is 9.24. The maximum atomic E-state index is 11.8. The zero-order chi connectivity index (χ0) is 13.0. The molecule has 0 aliphatic rings. The van der Waals surface area contributed by atoms with E-state index in [9.17, 15) is 9.59 Å². The number of nitrogens with one attached hydrogen (secondary N) is 2. The molecule has 4 aromatic rings. The molecule has 2 heterocycles. The molecule has 0 aliphatic heterocycles. The lowest BCUT2D eigenvalue weighted by atomic mass is 10.1. The van der Waals surface area contributed by atoms with Crippen molar-refractivity contribution >= 4 is 42.4 Å². The van der Waals surface area contributed by atoms with Crippen molar-refractivity contribution in [3.05, 3.63) is 57.2 Å². The average Bonchev–Trinajstić information content (AvgIpc) is 2.77. The fourth-order valence-corrected chi connectivity index (χ4v) is 3.56. The van der Waals surface area contributed by atoms with Crippen molar-refractivity contribution < 1.29 is 0 Å². The minimum atomic E-state index is -0.472. The van der Waals surface area contributed by atoms with E-state index in [1.54, 1.807) is 17.4 Å². The van der Waals surface area contributed by atoms with Gasteiger partial charge < -0.3 is 4.98 Å². The van der Waals surface area contributed by atoms with Gasteiger partial charge in [-0.1, -0.05) is 18.2 Å². The third kappa shape index (κ3) is 1.39. The van der Waals surface area contributed by atoms with Crippen LogP contribution in [0.15, 0.2) is 46.0 Å². The SMILES string of the molecule is O=c1[nH]c(=O)c2ccc3sc4ccccc4c3c2[nH]1. The number of thiophene rings is 1. The Kier molecular flexibility index (Phi) is 1.97. The van der Waals surface area contributed by atoms with Crippen LogP contribution in [0, 0.1) is 0 Å². The van der Waals surface area contributed by atoms with E-state index in [1.807, 2.05) is 30.3 Å². The van der Waals surface area contributed by atoms with Gasteiger partial charge in [0, 0.05) is 20.2 Å². The number of fused-ring (bicyclic) bond motifs is 5. The first-order valence-electron chi connectivity index (χ1n) is 5.80. The molecular formula is C14H8N2O2S. The second-order valence-electron chi connectivity index (χ2n) is 4.37. The highest BCUT2D eigenvalue weighted by Gasteiger charge is 2.10. The van der Waals surface area contributed by atoms with Crippen molar-refractivity contribution in [3.63, 3.8) is 0 Å². The highest BCUT2D eigenvalue weighted by molar-refractivity contribution is 7.26. The highest BCUT2D eigenvalue weighted by Crippen LogP contribution is 2.36. The molecule has 2 aromatic carbocycles. The van der Waals surface area contributed by atoms with Crippen LogP contribution in [0.4, 0.5) is 0 Å². The molecule has 0 unspecified atom stereocenters. The largest absolute Gasteiger partial charge is 0.326 e. The van der Waals surface area contributed by atoms with Gasteiger partial charge in [0.05, 0.1) is 10.9 Å². The van der Waals surface area contributed by atoms with Gasteiger partial charge in [-0.3, -0.25) is 9.78 Å². The Labute approximate surface area is 110 Å². The molecular weight excluding hydrogens is 260 g/mol. The molecule has 5 heteroatoms. The van der Waals surface area contributed by atoms with Crippen LogP contribution in [0.5, 0.6) is 0 Å². The Morgan fingerprint density at radius 3 is 2.58 bits per heavy atom. The molecule has 0 spiro atoms. The minimum absolute atomic E-state index is 0.351. The van der Waals surface area contributed by atoms with E-state index >= 15 is 0 Å². The van der Waals surface area contributed by atoms with E-state index in [1.165, 1.54) is 0 Å². The zero-order valence-electron chi connectivity index (χ0n) is 9.69. The molecule has 92 valence electrons. The highest BCUT2D eigenvalue weighted by atomic mass is 32.1. The Morgan fingerprint density at radius 1 is 0.842 bits per heavy atom. The van der Waals surface area contributed by atoms with Crippen molar-refractivity contribution in [1.29, 1.82) is 0 Å². The summed E-state index contributed by atoms with van der Waals surface area (Å²) in [6.45, 7) is 0. The molecule has 2 aromatic heterocycles. The predicted molar refractivity (Wildman–Crippen MR) is 78.1 cm³/mol. The molecule has 4 nitrogen and oxygen atoms in total. The number of benzene rings is 2. The van der Waals surface area contributed by atoms with E-state index in [0.717, 1.165) is 20.2 Å². The van der Waals surface area contributed by atoms with Gasteiger partial charge in [0.25, 0.3) is 5.56 Å². The lowest BCUT2D eigenvalue weighted by Gasteiger charge is -1.99. The average molecular weight is 268 g/mol. The lowest BCUT2D eigenvalue weighted by Crippen LogP contribution is -2.21. The maximum absolute atomic E-state index is 11.8. The number of aromatic nitrogens is 2. The van der Waals surface area contributed by atoms with Crippen molar-refractivity contribution in [1.82, 2.24) is 9.97 Å². The number of H-pyrrole nitrogens is 2. The molecule has 2 N–H and O–H groups in total. The van der Waals surface area contributed by atoms with Crippen molar-refractivity contribution in [2.45, 2.75) is 0 Å². The van der Waals surface area contributed by atoms with Crippen molar-refractivity contribution in [2.24, 2.45) is 0 Å². The molecule has 0 atom stereocenters. The summed E-state index contributed by atoms with van der Waals surface area (Å²) in [4.78, 5) is 28.3. The molecule has 19 heavy (non-hydrogen) atoms. The molecule has 0 aliphatic carbocycles. The first kappa shape index (κ1) is 10.5. The van der Waals surface area contributed by atoms with Crippen LogP contribution in [0.3, 0.4) is 0 Å². The number of aromatic amines is 2. The van der Waals surface area contributed by atoms with Gasteiger partial charge in [0.2, 0.25) is 0 Å². The van der Waals surface area contributed by atoms with Crippen LogP contribution >= 0.6 is 11.3 Å². The topological polar surface area (TPSA) is 65.7 Å². The summed E-state index contributed by atoms with van der Waals surface area (Å²) in [6.07, 6.45) is 0. The summed E-state index contributed by atoms with van der Waals surface area (Å²) < 4.78 is 2.21. The summed E-state index contributed by atoms with van der Waals surface area (Å²) in [5.74, 6) is 0.